The Bertz CT molecular complexity index is 696. The van der Waals surface area contributed by atoms with Gasteiger partial charge in [-0.15, -0.1) is 0 Å². The monoisotopic (exact) mass is 402 g/mol. The molecular weight excluding hydrogens is 368 g/mol. The Labute approximate surface area is 173 Å². The lowest BCUT2D eigenvalue weighted by molar-refractivity contribution is 0.0640. The minimum Gasteiger partial charge on any atom is -0.497 e. The zero-order valence-corrected chi connectivity index (χ0v) is 17.5. The smallest absolute Gasteiger partial charge is 0.258 e. The lowest BCUT2D eigenvalue weighted by atomic mass is 10.0. The molecule has 2 saturated heterocycles. The van der Waals surface area contributed by atoms with Crippen LogP contribution in [-0.4, -0.2) is 72.4 Å². The van der Waals surface area contributed by atoms with Gasteiger partial charge in [0, 0.05) is 25.7 Å². The number of hydrogen-bond acceptors (Lipinski definition) is 5. The quantitative estimate of drug-likeness (QED) is 0.792. The highest BCUT2D eigenvalue weighted by Crippen LogP contribution is 2.32. The van der Waals surface area contributed by atoms with E-state index in [1.807, 2.05) is 12.1 Å². The van der Waals surface area contributed by atoms with E-state index in [0.29, 0.717) is 23.6 Å². The van der Waals surface area contributed by atoms with Crippen LogP contribution in [-0.2, 0) is 0 Å². The zero-order valence-electron chi connectivity index (χ0n) is 17.5. The molecule has 1 amide bonds. The van der Waals surface area contributed by atoms with Crippen molar-refractivity contribution in [3.8, 4) is 11.5 Å². The number of hydrogen-bond donors (Lipinski definition) is 1. The lowest BCUT2D eigenvalue weighted by Crippen LogP contribution is -2.43. The summed E-state index contributed by atoms with van der Waals surface area (Å²) >= 11 is 0. The second-order valence-corrected chi connectivity index (χ2v) is 8.63. The van der Waals surface area contributed by atoms with E-state index in [2.05, 4.69) is 4.90 Å². The fraction of sp³-hybridized carbons (Fsp3) is 0.696. The Balaban J connectivity index is 1.45. The van der Waals surface area contributed by atoms with Gasteiger partial charge in [-0.25, -0.2) is 0 Å². The molecule has 0 spiro atoms. The van der Waals surface area contributed by atoms with E-state index in [4.69, 9.17) is 9.47 Å². The molecule has 1 aliphatic carbocycles. The van der Waals surface area contributed by atoms with Crippen molar-refractivity contribution < 1.29 is 19.4 Å². The van der Waals surface area contributed by atoms with Crippen molar-refractivity contribution >= 4 is 5.91 Å². The van der Waals surface area contributed by atoms with Crippen LogP contribution >= 0.6 is 0 Å². The second kappa shape index (κ2) is 9.35. The molecule has 3 fully saturated rings. The van der Waals surface area contributed by atoms with Gasteiger partial charge in [0.15, 0.2) is 0 Å². The van der Waals surface area contributed by atoms with Crippen LogP contribution in [0.15, 0.2) is 18.2 Å². The number of nitrogens with zero attached hydrogens (tertiary/aromatic N) is 2. The molecule has 4 rings (SSSR count). The van der Waals surface area contributed by atoms with Crippen molar-refractivity contribution in [2.75, 3.05) is 33.4 Å². The fourth-order valence-electron chi connectivity index (χ4n) is 5.16. The molecule has 1 saturated carbocycles. The third kappa shape index (κ3) is 4.53. The van der Waals surface area contributed by atoms with Crippen LogP contribution in [0.3, 0.4) is 0 Å². The summed E-state index contributed by atoms with van der Waals surface area (Å²) in [5, 5.41) is 9.62. The highest BCUT2D eigenvalue weighted by atomic mass is 16.5. The molecule has 0 unspecified atom stereocenters. The Morgan fingerprint density at radius 2 is 1.83 bits per heavy atom. The molecule has 6 nitrogen and oxygen atoms in total. The van der Waals surface area contributed by atoms with Crippen LogP contribution in [0.1, 0.15) is 61.7 Å². The normalized spacial score (nSPS) is 24.2. The number of piperidine rings is 1. The van der Waals surface area contributed by atoms with E-state index in [0.717, 1.165) is 44.8 Å². The van der Waals surface area contributed by atoms with Crippen LogP contribution in [0.5, 0.6) is 11.5 Å². The molecule has 0 aromatic heterocycles. The number of aliphatic hydroxyl groups excluding tert-OH is 1. The summed E-state index contributed by atoms with van der Waals surface area (Å²) in [4.78, 5) is 17.7. The number of carbonyl (C=O) groups is 1. The summed E-state index contributed by atoms with van der Waals surface area (Å²) in [5.74, 6) is 1.22. The summed E-state index contributed by atoms with van der Waals surface area (Å²) in [7, 11) is 1.61. The van der Waals surface area contributed by atoms with Gasteiger partial charge in [0.05, 0.1) is 25.3 Å². The van der Waals surface area contributed by atoms with E-state index in [1.165, 1.54) is 25.7 Å². The van der Waals surface area contributed by atoms with Crippen LogP contribution in [0.25, 0.3) is 0 Å². The molecule has 0 radical (unpaired) electrons. The molecule has 2 aliphatic heterocycles. The van der Waals surface area contributed by atoms with Crippen molar-refractivity contribution in [2.45, 2.75) is 69.6 Å². The van der Waals surface area contributed by atoms with Crippen LogP contribution in [0, 0.1) is 0 Å². The standard InChI is InChI=1S/C23H34N2O4/c1-28-20-8-9-22(21(15-20)23(27)25-12-4-7-18(25)16-26)29-19-10-13-24(14-11-19)17-5-2-3-6-17/h8-9,15,17-19,26H,2-7,10-14,16H2,1H3/t18-/m0/s1. The number of aliphatic hydroxyl groups is 1. The molecular formula is C23H34N2O4. The summed E-state index contributed by atoms with van der Waals surface area (Å²) in [6, 6.07) is 6.15. The van der Waals surface area contributed by atoms with Crippen molar-refractivity contribution in [3.63, 3.8) is 0 Å². The van der Waals surface area contributed by atoms with Gasteiger partial charge >= 0.3 is 0 Å². The third-order valence-electron chi connectivity index (χ3n) is 6.88. The average molecular weight is 403 g/mol. The number of amides is 1. The van der Waals surface area contributed by atoms with Gasteiger partial charge in [0.1, 0.15) is 17.6 Å². The molecule has 1 aromatic carbocycles. The minimum atomic E-state index is -0.101. The third-order valence-corrected chi connectivity index (χ3v) is 6.88. The maximum absolute atomic E-state index is 13.2. The fourth-order valence-corrected chi connectivity index (χ4v) is 5.16. The number of ether oxygens (including phenoxy) is 2. The second-order valence-electron chi connectivity index (χ2n) is 8.63. The van der Waals surface area contributed by atoms with Crippen molar-refractivity contribution in [1.82, 2.24) is 9.80 Å². The number of carbonyl (C=O) groups excluding carboxylic acids is 1. The molecule has 1 atom stereocenters. The predicted molar refractivity (Wildman–Crippen MR) is 112 cm³/mol. The Morgan fingerprint density at radius 1 is 1.07 bits per heavy atom. The number of benzene rings is 1. The van der Waals surface area contributed by atoms with E-state index in [1.54, 1.807) is 18.1 Å². The summed E-state index contributed by atoms with van der Waals surface area (Å²) in [6.45, 7) is 2.84. The van der Waals surface area contributed by atoms with Gasteiger partial charge in [0.2, 0.25) is 0 Å². The first-order chi connectivity index (χ1) is 14.2. The average Bonchev–Trinajstić information content (AvgIpc) is 3.46. The van der Waals surface area contributed by atoms with Gasteiger partial charge in [-0.3, -0.25) is 4.79 Å². The van der Waals surface area contributed by atoms with Gasteiger partial charge < -0.3 is 24.4 Å². The van der Waals surface area contributed by atoms with E-state index < -0.39 is 0 Å². The molecule has 1 N–H and O–H groups in total. The zero-order chi connectivity index (χ0) is 20.2. The highest BCUT2D eigenvalue weighted by Gasteiger charge is 2.32. The lowest BCUT2D eigenvalue weighted by Gasteiger charge is -2.36. The first kappa shape index (κ1) is 20.5. The van der Waals surface area contributed by atoms with E-state index in [-0.39, 0.29) is 24.7 Å². The van der Waals surface area contributed by atoms with Gasteiger partial charge in [-0.05, 0) is 56.7 Å². The van der Waals surface area contributed by atoms with E-state index >= 15 is 0 Å². The van der Waals surface area contributed by atoms with E-state index in [9.17, 15) is 9.90 Å². The summed E-state index contributed by atoms with van der Waals surface area (Å²) in [6.07, 6.45) is 9.32. The molecule has 0 bridgehead atoms. The molecule has 3 aliphatic rings. The van der Waals surface area contributed by atoms with Gasteiger partial charge in [-0.1, -0.05) is 12.8 Å². The number of methoxy groups -OCH3 is 1. The molecule has 1 aromatic rings. The van der Waals surface area contributed by atoms with Crippen molar-refractivity contribution in [2.24, 2.45) is 0 Å². The predicted octanol–water partition coefficient (Wildman–Crippen LogP) is 3.08. The van der Waals surface area contributed by atoms with Gasteiger partial charge in [-0.2, -0.15) is 0 Å². The van der Waals surface area contributed by atoms with Gasteiger partial charge in [0.25, 0.3) is 5.91 Å². The molecule has 6 heteroatoms. The largest absolute Gasteiger partial charge is 0.497 e. The van der Waals surface area contributed by atoms with Crippen LogP contribution < -0.4 is 9.47 Å². The maximum Gasteiger partial charge on any atom is 0.258 e. The Kier molecular flexibility index (Phi) is 6.60. The SMILES string of the molecule is COc1ccc(OC2CCN(C3CCCC3)CC2)c(C(=O)N2CCC[C@H]2CO)c1. The first-order valence-electron chi connectivity index (χ1n) is 11.2. The van der Waals surface area contributed by atoms with Crippen molar-refractivity contribution in [1.29, 1.82) is 0 Å². The van der Waals surface area contributed by atoms with Crippen molar-refractivity contribution in [3.05, 3.63) is 23.8 Å². The summed E-state index contributed by atoms with van der Waals surface area (Å²) < 4.78 is 11.7. The number of likely N-dealkylation sites (tertiary alicyclic amines) is 2. The minimum absolute atomic E-state index is 0.00548. The number of rotatable bonds is 6. The Hall–Kier alpha value is -1.79. The Morgan fingerprint density at radius 3 is 2.52 bits per heavy atom. The van der Waals surface area contributed by atoms with Crippen LogP contribution in [0.2, 0.25) is 0 Å². The van der Waals surface area contributed by atoms with Crippen LogP contribution in [0.4, 0.5) is 0 Å². The first-order valence-corrected chi connectivity index (χ1v) is 11.2. The molecule has 2 heterocycles. The summed E-state index contributed by atoms with van der Waals surface area (Å²) in [5.41, 5.74) is 0.544. The highest BCUT2D eigenvalue weighted by molar-refractivity contribution is 5.97. The maximum atomic E-state index is 13.2. The topological polar surface area (TPSA) is 62.2 Å². The molecule has 160 valence electrons. The molecule has 29 heavy (non-hydrogen) atoms.